The van der Waals surface area contributed by atoms with Gasteiger partial charge in [-0.3, -0.25) is 4.79 Å². The number of carboxylic acids is 1. The number of hydrogen-bond donors (Lipinski definition) is 3. The maximum Gasteiger partial charge on any atom is 0.303 e. The summed E-state index contributed by atoms with van der Waals surface area (Å²) < 4.78 is 0. The molecule has 0 saturated carbocycles. The second-order valence-corrected chi connectivity index (χ2v) is 5.75. The topological polar surface area (TPSA) is 77.8 Å². The highest BCUT2D eigenvalue weighted by molar-refractivity contribution is 5.66. The number of aliphatic carboxylic acids is 1. The molecule has 2 atom stereocenters. The predicted molar refractivity (Wildman–Crippen MR) is 108 cm³/mol. The van der Waals surface area contributed by atoms with Crippen molar-refractivity contribution < 1.29 is 20.1 Å². The molecule has 0 rings (SSSR count). The van der Waals surface area contributed by atoms with Crippen molar-refractivity contribution in [1.29, 1.82) is 0 Å². The van der Waals surface area contributed by atoms with E-state index in [0.717, 1.165) is 12.8 Å². The summed E-state index contributed by atoms with van der Waals surface area (Å²) in [4.78, 5) is 10.3. The minimum absolute atomic E-state index is 0.106. The summed E-state index contributed by atoms with van der Waals surface area (Å²) in [6.45, 7) is 2.10. The van der Waals surface area contributed by atoms with E-state index in [-0.39, 0.29) is 6.42 Å². The highest BCUT2D eigenvalue weighted by atomic mass is 16.4. The van der Waals surface area contributed by atoms with Crippen molar-refractivity contribution in [2.24, 2.45) is 0 Å². The van der Waals surface area contributed by atoms with E-state index in [9.17, 15) is 15.0 Å². The Balaban J connectivity index is 3.91. The van der Waals surface area contributed by atoms with Crippen LogP contribution in [0.15, 0.2) is 72.9 Å². The van der Waals surface area contributed by atoms with Gasteiger partial charge >= 0.3 is 5.97 Å². The molecule has 0 aliphatic carbocycles. The monoisotopic (exact) mass is 360 g/mol. The third-order valence-corrected chi connectivity index (χ3v) is 3.29. The van der Waals surface area contributed by atoms with Gasteiger partial charge in [-0.1, -0.05) is 79.8 Å². The van der Waals surface area contributed by atoms with Crippen molar-refractivity contribution >= 4 is 5.97 Å². The molecular weight excluding hydrogens is 328 g/mol. The van der Waals surface area contributed by atoms with Gasteiger partial charge in [0.15, 0.2) is 0 Å². The lowest BCUT2D eigenvalue weighted by atomic mass is 10.2. The normalized spacial score (nSPS) is 15.5. The minimum Gasteiger partial charge on any atom is -0.481 e. The molecule has 0 saturated heterocycles. The summed E-state index contributed by atoms with van der Waals surface area (Å²) in [7, 11) is 0. The molecular formula is C22H32O4. The fourth-order valence-corrected chi connectivity index (χ4v) is 1.90. The van der Waals surface area contributed by atoms with Crippen LogP contribution in [0.25, 0.3) is 0 Å². The zero-order valence-electron chi connectivity index (χ0n) is 15.6. The van der Waals surface area contributed by atoms with Gasteiger partial charge in [-0.05, 0) is 32.1 Å². The lowest BCUT2D eigenvalue weighted by Crippen LogP contribution is -1.99. The van der Waals surface area contributed by atoms with Crippen LogP contribution >= 0.6 is 0 Å². The van der Waals surface area contributed by atoms with Gasteiger partial charge in [0.1, 0.15) is 0 Å². The van der Waals surface area contributed by atoms with Crippen LogP contribution in [0.5, 0.6) is 0 Å². The number of rotatable bonds is 14. The molecule has 0 aromatic carbocycles. The average molecular weight is 360 g/mol. The van der Waals surface area contributed by atoms with Gasteiger partial charge in [-0.2, -0.15) is 0 Å². The summed E-state index contributed by atoms with van der Waals surface area (Å²) in [6.07, 6.45) is 24.7. The fourth-order valence-electron chi connectivity index (χ4n) is 1.90. The zero-order chi connectivity index (χ0) is 19.5. The number of hydrogen-bond acceptors (Lipinski definition) is 3. The lowest BCUT2D eigenvalue weighted by molar-refractivity contribution is -0.136. The molecule has 0 radical (unpaired) electrons. The highest BCUT2D eigenvalue weighted by Gasteiger charge is 1.95. The maximum atomic E-state index is 10.3. The van der Waals surface area contributed by atoms with Gasteiger partial charge in [0.05, 0.1) is 12.2 Å². The second-order valence-electron chi connectivity index (χ2n) is 5.75. The Labute approximate surface area is 157 Å². The fraction of sp³-hybridized carbons (Fsp3) is 0.409. The molecule has 3 N–H and O–H groups in total. The van der Waals surface area contributed by atoms with E-state index in [4.69, 9.17) is 5.11 Å². The van der Waals surface area contributed by atoms with Crippen LogP contribution in [0.2, 0.25) is 0 Å². The van der Waals surface area contributed by atoms with Crippen molar-refractivity contribution in [2.75, 3.05) is 0 Å². The Bertz CT molecular complexity index is 524. The van der Waals surface area contributed by atoms with Crippen LogP contribution in [-0.4, -0.2) is 33.5 Å². The molecule has 0 aromatic rings. The van der Waals surface area contributed by atoms with E-state index in [1.807, 2.05) is 12.2 Å². The van der Waals surface area contributed by atoms with Crippen LogP contribution < -0.4 is 0 Å². The predicted octanol–water partition coefficient (Wildman–Crippen LogP) is 4.49. The highest BCUT2D eigenvalue weighted by Crippen LogP contribution is 2.00. The Morgan fingerprint density at radius 2 is 1.35 bits per heavy atom. The smallest absolute Gasteiger partial charge is 0.303 e. The van der Waals surface area contributed by atoms with E-state index in [1.54, 1.807) is 48.6 Å². The van der Waals surface area contributed by atoms with Crippen LogP contribution in [0.1, 0.15) is 45.4 Å². The van der Waals surface area contributed by atoms with Crippen molar-refractivity contribution in [3.05, 3.63) is 72.9 Å². The first kappa shape index (κ1) is 23.8. The molecule has 0 amide bonds. The molecule has 0 heterocycles. The number of allylic oxidation sites excluding steroid dienone is 8. The molecule has 0 bridgehead atoms. The largest absolute Gasteiger partial charge is 0.481 e. The third kappa shape index (κ3) is 18.2. The number of carbonyl (C=O) groups is 1. The van der Waals surface area contributed by atoms with Crippen molar-refractivity contribution in [3.8, 4) is 0 Å². The molecule has 4 heteroatoms. The molecule has 0 unspecified atom stereocenters. The molecule has 26 heavy (non-hydrogen) atoms. The summed E-state index contributed by atoms with van der Waals surface area (Å²) in [6, 6.07) is 0. The van der Waals surface area contributed by atoms with Gasteiger partial charge in [-0.25, -0.2) is 0 Å². The first-order valence-corrected chi connectivity index (χ1v) is 9.10. The Morgan fingerprint density at radius 3 is 1.88 bits per heavy atom. The first-order chi connectivity index (χ1) is 12.6. The Morgan fingerprint density at radius 1 is 0.808 bits per heavy atom. The number of carboxylic acid groups (broad SMARTS) is 1. The lowest BCUT2D eigenvalue weighted by Gasteiger charge is -1.99. The Kier molecular flexibility index (Phi) is 16.2. The van der Waals surface area contributed by atoms with Crippen LogP contribution in [0.3, 0.4) is 0 Å². The van der Waals surface area contributed by atoms with Crippen LogP contribution in [0.4, 0.5) is 0 Å². The summed E-state index contributed by atoms with van der Waals surface area (Å²) >= 11 is 0. The van der Waals surface area contributed by atoms with Gasteiger partial charge in [0.25, 0.3) is 0 Å². The third-order valence-electron chi connectivity index (χ3n) is 3.29. The quantitative estimate of drug-likeness (QED) is 0.315. The van der Waals surface area contributed by atoms with Crippen LogP contribution in [0, 0.1) is 0 Å². The molecule has 0 fully saturated rings. The summed E-state index contributed by atoms with van der Waals surface area (Å²) in [5.41, 5.74) is 0. The summed E-state index contributed by atoms with van der Waals surface area (Å²) in [5, 5.41) is 28.0. The van der Waals surface area contributed by atoms with E-state index in [1.165, 1.54) is 0 Å². The van der Waals surface area contributed by atoms with E-state index < -0.39 is 18.2 Å². The first-order valence-electron chi connectivity index (χ1n) is 9.10. The Hall–Kier alpha value is -2.17. The second kappa shape index (κ2) is 17.6. The van der Waals surface area contributed by atoms with Gasteiger partial charge in [-0.15, -0.1) is 0 Å². The van der Waals surface area contributed by atoms with Gasteiger partial charge < -0.3 is 15.3 Å². The molecule has 4 nitrogen and oxygen atoms in total. The molecule has 144 valence electrons. The van der Waals surface area contributed by atoms with Crippen molar-refractivity contribution in [1.82, 2.24) is 0 Å². The van der Waals surface area contributed by atoms with Crippen LogP contribution in [-0.2, 0) is 4.79 Å². The molecule has 0 aromatic heterocycles. The molecule has 0 aliphatic heterocycles. The summed E-state index contributed by atoms with van der Waals surface area (Å²) in [5.74, 6) is -0.821. The van der Waals surface area contributed by atoms with E-state index in [2.05, 4.69) is 19.1 Å². The minimum atomic E-state index is -0.821. The zero-order valence-corrected chi connectivity index (χ0v) is 15.6. The standard InChI is InChI=1S/C22H32O4/c1-2-3-4-5-6-10-15-20(23)16-11-7-8-12-17-21(24)18-13-9-14-19-22(25)26/h3-4,6-13,16-17,20-21,23-24H,2,5,14-15,18-19H2,1H3,(H,25,26)/b4-3+,8-7+,10-6-,13-9-,16-11-,17-12+/t20-,21-/m0/s1. The molecule has 0 spiro atoms. The number of aliphatic hydroxyl groups is 2. The van der Waals surface area contributed by atoms with Gasteiger partial charge in [0.2, 0.25) is 0 Å². The molecule has 0 aliphatic rings. The average Bonchev–Trinajstić information content (AvgIpc) is 2.60. The van der Waals surface area contributed by atoms with E-state index in [0.29, 0.717) is 19.3 Å². The van der Waals surface area contributed by atoms with Crippen molar-refractivity contribution in [2.45, 2.75) is 57.7 Å². The van der Waals surface area contributed by atoms with Crippen molar-refractivity contribution in [3.63, 3.8) is 0 Å². The maximum absolute atomic E-state index is 10.3. The number of aliphatic hydroxyl groups excluding tert-OH is 2. The van der Waals surface area contributed by atoms with E-state index >= 15 is 0 Å². The van der Waals surface area contributed by atoms with Gasteiger partial charge in [0, 0.05) is 6.42 Å². The SMILES string of the molecule is CC/C=C/C/C=C\C[C@H](O)\C=C/C=C/C=C/[C@H](O)C/C=C\CCC(=O)O.